The van der Waals surface area contributed by atoms with Crippen molar-refractivity contribution in [2.75, 3.05) is 13.2 Å². The molecule has 3 nitrogen and oxygen atoms in total. The summed E-state index contributed by atoms with van der Waals surface area (Å²) in [5, 5.41) is 0. The number of hydrogen-bond donors (Lipinski definition) is 0. The molecule has 0 bridgehead atoms. The van der Waals surface area contributed by atoms with Crippen LogP contribution < -0.4 is 4.74 Å². The van der Waals surface area contributed by atoms with E-state index in [1.807, 2.05) is 37.3 Å². The van der Waals surface area contributed by atoms with Gasteiger partial charge >= 0.3 is 5.97 Å². The molecule has 0 heterocycles. The van der Waals surface area contributed by atoms with Crippen molar-refractivity contribution in [1.29, 1.82) is 0 Å². The van der Waals surface area contributed by atoms with Crippen LogP contribution in [0.5, 0.6) is 5.75 Å². The van der Waals surface area contributed by atoms with Gasteiger partial charge in [-0.1, -0.05) is 38.1 Å². The molecule has 0 aliphatic rings. The minimum atomic E-state index is -0.380. The van der Waals surface area contributed by atoms with E-state index in [-0.39, 0.29) is 12.6 Å². The van der Waals surface area contributed by atoms with Crippen LogP contribution in [0.4, 0.5) is 0 Å². The third-order valence-electron chi connectivity index (χ3n) is 2.18. The fraction of sp³-hybridized carbons (Fsp3) is 0.357. The number of carbonyl (C=O) groups excluding carboxylic acids is 1. The quantitative estimate of drug-likeness (QED) is 0.413. The first-order valence-electron chi connectivity index (χ1n) is 5.76. The van der Waals surface area contributed by atoms with Gasteiger partial charge < -0.3 is 9.47 Å². The highest BCUT2D eigenvalue weighted by atomic mass is 16.5. The maximum Gasteiger partial charge on any atom is 0.336 e. The minimum absolute atomic E-state index is 0.162. The summed E-state index contributed by atoms with van der Waals surface area (Å²) in [6.07, 6.45) is 1.87. The zero-order valence-electron chi connectivity index (χ0n) is 10.1. The third-order valence-corrected chi connectivity index (χ3v) is 2.18. The summed E-state index contributed by atoms with van der Waals surface area (Å²) in [6, 6.07) is 9.31. The Morgan fingerprint density at radius 2 is 2.00 bits per heavy atom. The number of ether oxygens (including phenoxy) is 2. The van der Waals surface area contributed by atoms with Gasteiger partial charge in [-0.15, -0.1) is 0 Å². The van der Waals surface area contributed by atoms with E-state index in [1.54, 1.807) is 0 Å². The van der Waals surface area contributed by atoms with Gasteiger partial charge in [-0.3, -0.25) is 0 Å². The van der Waals surface area contributed by atoms with Crippen molar-refractivity contribution in [3.05, 3.63) is 42.5 Å². The molecule has 17 heavy (non-hydrogen) atoms. The average Bonchev–Trinajstić information content (AvgIpc) is 2.37. The number of esters is 1. The molecule has 1 rings (SSSR count). The lowest BCUT2D eigenvalue weighted by Gasteiger charge is -2.08. The van der Waals surface area contributed by atoms with E-state index in [0.29, 0.717) is 12.2 Å². The van der Waals surface area contributed by atoms with E-state index in [2.05, 4.69) is 6.58 Å². The van der Waals surface area contributed by atoms with Gasteiger partial charge in [0.25, 0.3) is 0 Å². The van der Waals surface area contributed by atoms with Crippen molar-refractivity contribution in [3.63, 3.8) is 0 Å². The van der Waals surface area contributed by atoms with Gasteiger partial charge in [0.1, 0.15) is 12.4 Å². The van der Waals surface area contributed by atoms with Crippen LogP contribution in [0.15, 0.2) is 42.5 Å². The summed E-state index contributed by atoms with van der Waals surface area (Å²) < 4.78 is 10.4. The lowest BCUT2D eigenvalue weighted by molar-refractivity contribution is -0.139. The fourth-order valence-corrected chi connectivity index (χ4v) is 1.16. The van der Waals surface area contributed by atoms with E-state index >= 15 is 0 Å². The largest absolute Gasteiger partial charge is 0.489 e. The lowest BCUT2D eigenvalue weighted by atomic mass is 10.3. The first-order chi connectivity index (χ1) is 8.24. The molecule has 1 aromatic carbocycles. The van der Waals surface area contributed by atoms with Crippen molar-refractivity contribution in [2.24, 2.45) is 0 Å². The molecule has 0 spiro atoms. The molecule has 92 valence electrons. The highest BCUT2D eigenvalue weighted by molar-refractivity contribution is 5.88. The van der Waals surface area contributed by atoms with E-state index in [0.717, 1.165) is 18.6 Å². The van der Waals surface area contributed by atoms with Crippen LogP contribution in [0.2, 0.25) is 0 Å². The second-order valence-corrected chi connectivity index (χ2v) is 3.69. The van der Waals surface area contributed by atoms with E-state index in [1.165, 1.54) is 0 Å². The number of hydrogen-bond acceptors (Lipinski definition) is 3. The van der Waals surface area contributed by atoms with Gasteiger partial charge in [0.15, 0.2) is 0 Å². The van der Waals surface area contributed by atoms with Gasteiger partial charge in [0.05, 0.1) is 12.2 Å². The second-order valence-electron chi connectivity index (χ2n) is 3.69. The maximum atomic E-state index is 11.4. The van der Waals surface area contributed by atoms with Crippen LogP contribution in [0, 0.1) is 0 Å². The smallest absolute Gasteiger partial charge is 0.336 e. The molecule has 0 fully saturated rings. The predicted molar refractivity (Wildman–Crippen MR) is 66.9 cm³/mol. The van der Waals surface area contributed by atoms with Crippen molar-refractivity contribution in [1.82, 2.24) is 0 Å². The molecule has 0 amide bonds. The third kappa shape index (κ3) is 5.20. The van der Waals surface area contributed by atoms with E-state index in [9.17, 15) is 4.79 Å². The Kier molecular flexibility index (Phi) is 5.86. The van der Waals surface area contributed by atoms with Crippen molar-refractivity contribution in [3.8, 4) is 5.75 Å². The molecule has 0 aliphatic heterocycles. The molecule has 0 aromatic heterocycles. The summed E-state index contributed by atoms with van der Waals surface area (Å²) in [4.78, 5) is 11.4. The molecule has 3 heteroatoms. The summed E-state index contributed by atoms with van der Waals surface area (Å²) in [5.41, 5.74) is 0.338. The monoisotopic (exact) mass is 234 g/mol. The predicted octanol–water partition coefficient (Wildman–Crippen LogP) is 2.96. The number of benzene rings is 1. The molecule has 0 saturated heterocycles. The molecule has 0 saturated carbocycles. The zero-order valence-corrected chi connectivity index (χ0v) is 10.1. The normalized spacial score (nSPS) is 9.71. The van der Waals surface area contributed by atoms with Crippen LogP contribution in [-0.4, -0.2) is 19.2 Å². The van der Waals surface area contributed by atoms with E-state index < -0.39 is 0 Å². The molecule has 0 unspecified atom stereocenters. The Balaban J connectivity index is 2.27. The second kappa shape index (κ2) is 7.49. The fourth-order valence-electron chi connectivity index (χ4n) is 1.16. The Morgan fingerprint density at radius 1 is 1.29 bits per heavy atom. The molecule has 0 atom stereocenters. The van der Waals surface area contributed by atoms with Gasteiger partial charge in [0, 0.05) is 0 Å². The number of para-hydroxylation sites is 1. The summed E-state index contributed by atoms with van der Waals surface area (Å²) in [7, 11) is 0. The molecule has 0 N–H and O–H groups in total. The highest BCUT2D eigenvalue weighted by Crippen LogP contribution is 2.09. The van der Waals surface area contributed by atoms with E-state index in [4.69, 9.17) is 9.47 Å². The van der Waals surface area contributed by atoms with Crippen LogP contribution >= 0.6 is 0 Å². The zero-order chi connectivity index (χ0) is 12.5. The molecule has 0 aliphatic carbocycles. The highest BCUT2D eigenvalue weighted by Gasteiger charge is 2.08. The van der Waals surface area contributed by atoms with Crippen LogP contribution in [-0.2, 0) is 9.53 Å². The average molecular weight is 234 g/mol. The molecule has 0 radical (unpaired) electrons. The van der Waals surface area contributed by atoms with Crippen LogP contribution in [0.3, 0.4) is 0 Å². The van der Waals surface area contributed by atoms with Gasteiger partial charge in [-0.25, -0.2) is 4.79 Å². The topological polar surface area (TPSA) is 35.5 Å². The number of rotatable bonds is 7. The Morgan fingerprint density at radius 3 is 2.65 bits per heavy atom. The van der Waals surface area contributed by atoms with Crippen molar-refractivity contribution < 1.29 is 14.3 Å². The van der Waals surface area contributed by atoms with Crippen molar-refractivity contribution >= 4 is 5.97 Å². The van der Waals surface area contributed by atoms with Crippen LogP contribution in [0.25, 0.3) is 0 Å². The summed E-state index contributed by atoms with van der Waals surface area (Å²) in [6.45, 7) is 6.30. The first-order valence-corrected chi connectivity index (χ1v) is 5.76. The number of carbonyl (C=O) groups is 1. The molecular weight excluding hydrogens is 216 g/mol. The van der Waals surface area contributed by atoms with Crippen LogP contribution in [0.1, 0.15) is 19.8 Å². The Bertz CT molecular complexity index is 357. The summed E-state index contributed by atoms with van der Waals surface area (Å²) >= 11 is 0. The van der Waals surface area contributed by atoms with Gasteiger partial charge in [-0.2, -0.15) is 0 Å². The Labute approximate surface area is 102 Å². The van der Waals surface area contributed by atoms with Gasteiger partial charge in [-0.05, 0) is 18.6 Å². The Hall–Kier alpha value is -1.77. The standard InChI is InChI=1S/C14H18O3/c1-3-4-10-16-14(15)12(2)11-17-13-8-6-5-7-9-13/h5-9H,2-4,10-11H2,1H3. The van der Waals surface area contributed by atoms with Gasteiger partial charge in [0.2, 0.25) is 0 Å². The summed E-state index contributed by atoms with van der Waals surface area (Å²) in [5.74, 6) is 0.337. The number of unbranched alkanes of at least 4 members (excludes halogenated alkanes) is 1. The lowest BCUT2D eigenvalue weighted by Crippen LogP contribution is -2.14. The molecule has 1 aromatic rings. The minimum Gasteiger partial charge on any atom is -0.489 e. The first kappa shape index (κ1) is 13.3. The molecular formula is C14H18O3. The van der Waals surface area contributed by atoms with Crippen molar-refractivity contribution in [2.45, 2.75) is 19.8 Å². The SMILES string of the molecule is C=C(COc1ccccc1)C(=O)OCCCC. The maximum absolute atomic E-state index is 11.4.